The molecule has 35 heavy (non-hydrogen) atoms. The van der Waals surface area contributed by atoms with Crippen LogP contribution in [0.25, 0.3) is 22.3 Å². The Morgan fingerprint density at radius 1 is 1.23 bits per heavy atom. The first-order chi connectivity index (χ1) is 16.5. The van der Waals surface area contributed by atoms with Crippen LogP contribution in [0.2, 0.25) is 0 Å². The number of rotatable bonds is 5. The summed E-state index contributed by atoms with van der Waals surface area (Å²) in [6.45, 7) is 1.67. The number of furan rings is 1. The number of carbonyl (C=O) groups excluding carboxylic acids is 1. The predicted molar refractivity (Wildman–Crippen MR) is 128 cm³/mol. The van der Waals surface area contributed by atoms with E-state index >= 15 is 0 Å². The van der Waals surface area contributed by atoms with E-state index in [1.165, 1.54) is 37.4 Å². The van der Waals surface area contributed by atoms with Gasteiger partial charge in [0.15, 0.2) is 0 Å². The Hall–Kier alpha value is -3.44. The largest absolute Gasteiger partial charge is 0.465 e. The van der Waals surface area contributed by atoms with Crippen molar-refractivity contribution in [3.05, 3.63) is 53.3 Å². The van der Waals surface area contributed by atoms with Gasteiger partial charge in [-0.1, -0.05) is 0 Å². The molecular weight excluding hydrogens is 479 g/mol. The highest BCUT2D eigenvalue weighted by Crippen LogP contribution is 2.41. The monoisotopic (exact) mass is 504 g/mol. The van der Waals surface area contributed by atoms with Crippen molar-refractivity contribution in [3.63, 3.8) is 0 Å². The SMILES string of the molecule is CNC(=O)c1c(-c2ccc(F)cc2)oc2cc3c(cc12)[C@H](C)O[C@H](CCS(C)(=O)=O)CN3C(=O)O. The summed E-state index contributed by atoms with van der Waals surface area (Å²) in [6.07, 6.45) is -1.23. The number of nitrogens with zero attached hydrogens (tertiary/aromatic N) is 1. The number of hydrogen-bond donors (Lipinski definition) is 2. The highest BCUT2D eigenvalue weighted by atomic mass is 32.2. The van der Waals surface area contributed by atoms with Crippen LogP contribution in [0.15, 0.2) is 40.8 Å². The zero-order valence-corrected chi connectivity index (χ0v) is 20.2. The Morgan fingerprint density at radius 3 is 2.51 bits per heavy atom. The Labute approximate surface area is 201 Å². The Kier molecular flexibility index (Phi) is 6.56. The van der Waals surface area contributed by atoms with Crippen molar-refractivity contribution in [2.75, 3.05) is 30.5 Å². The third kappa shape index (κ3) is 5.01. The number of carbonyl (C=O) groups is 2. The molecule has 0 spiro atoms. The maximum absolute atomic E-state index is 13.5. The minimum absolute atomic E-state index is 0.0679. The molecule has 0 unspecified atom stereocenters. The smallest absolute Gasteiger partial charge is 0.411 e. The fraction of sp³-hybridized carbons (Fsp3) is 0.333. The summed E-state index contributed by atoms with van der Waals surface area (Å²) in [4.78, 5) is 26.1. The molecule has 4 rings (SSSR count). The van der Waals surface area contributed by atoms with Crippen molar-refractivity contribution in [1.82, 2.24) is 5.32 Å². The van der Waals surface area contributed by atoms with E-state index in [0.29, 0.717) is 22.2 Å². The summed E-state index contributed by atoms with van der Waals surface area (Å²) in [6, 6.07) is 8.69. The number of nitrogens with one attached hydrogen (secondary N) is 1. The third-order valence-electron chi connectivity index (χ3n) is 5.95. The molecule has 0 radical (unpaired) electrons. The number of hydrogen-bond acceptors (Lipinski definition) is 6. The molecule has 0 saturated carbocycles. The number of halogens is 1. The summed E-state index contributed by atoms with van der Waals surface area (Å²) in [5, 5.41) is 13.0. The number of carboxylic acid groups (broad SMARTS) is 1. The van der Waals surface area contributed by atoms with E-state index in [1.54, 1.807) is 13.0 Å². The van der Waals surface area contributed by atoms with Crippen LogP contribution in [-0.2, 0) is 14.6 Å². The van der Waals surface area contributed by atoms with Gasteiger partial charge in [-0.3, -0.25) is 9.69 Å². The molecule has 186 valence electrons. The summed E-state index contributed by atoms with van der Waals surface area (Å²) < 4.78 is 48.8. The molecule has 3 aromatic rings. The first-order valence-corrected chi connectivity index (χ1v) is 13.0. The van der Waals surface area contributed by atoms with Crippen LogP contribution in [0.3, 0.4) is 0 Å². The highest BCUT2D eigenvalue weighted by molar-refractivity contribution is 7.90. The van der Waals surface area contributed by atoms with E-state index in [1.807, 2.05) is 0 Å². The van der Waals surface area contributed by atoms with Crippen molar-refractivity contribution in [2.24, 2.45) is 0 Å². The molecule has 1 aromatic heterocycles. The van der Waals surface area contributed by atoms with Crippen molar-refractivity contribution in [1.29, 1.82) is 0 Å². The van der Waals surface area contributed by atoms with E-state index < -0.39 is 39.9 Å². The van der Waals surface area contributed by atoms with Crippen LogP contribution in [0.5, 0.6) is 0 Å². The lowest BCUT2D eigenvalue weighted by Crippen LogP contribution is -2.37. The lowest BCUT2D eigenvalue weighted by molar-refractivity contribution is 0.00439. The van der Waals surface area contributed by atoms with Crippen LogP contribution >= 0.6 is 0 Å². The number of amides is 2. The zero-order chi connectivity index (χ0) is 25.5. The van der Waals surface area contributed by atoms with Crippen molar-refractivity contribution >= 4 is 38.5 Å². The van der Waals surface area contributed by atoms with Gasteiger partial charge in [0.2, 0.25) is 0 Å². The minimum Gasteiger partial charge on any atom is -0.465 e. The fourth-order valence-electron chi connectivity index (χ4n) is 4.26. The molecule has 2 N–H and O–H groups in total. The van der Waals surface area contributed by atoms with Crippen LogP contribution in [0, 0.1) is 5.82 Å². The Balaban J connectivity index is 1.87. The third-order valence-corrected chi connectivity index (χ3v) is 6.93. The molecule has 1 aliphatic heterocycles. The van der Waals surface area contributed by atoms with Gasteiger partial charge in [0.1, 0.15) is 27.0 Å². The van der Waals surface area contributed by atoms with Crippen molar-refractivity contribution in [3.8, 4) is 11.3 Å². The predicted octanol–water partition coefficient (Wildman–Crippen LogP) is 3.98. The van der Waals surface area contributed by atoms with Gasteiger partial charge in [-0.2, -0.15) is 0 Å². The van der Waals surface area contributed by atoms with Gasteiger partial charge in [0.05, 0.1) is 35.8 Å². The molecule has 2 amide bonds. The van der Waals surface area contributed by atoms with Gasteiger partial charge in [-0.15, -0.1) is 0 Å². The first kappa shape index (κ1) is 24.7. The molecular formula is C24H25FN2O7S. The molecule has 2 heterocycles. The molecule has 2 atom stereocenters. The van der Waals surface area contributed by atoms with E-state index in [-0.39, 0.29) is 35.6 Å². The topological polar surface area (TPSA) is 126 Å². The van der Waals surface area contributed by atoms with Gasteiger partial charge in [0.25, 0.3) is 5.91 Å². The minimum atomic E-state index is -3.26. The normalized spacial score (nSPS) is 18.2. The molecule has 0 fully saturated rings. The molecule has 9 nitrogen and oxygen atoms in total. The summed E-state index contributed by atoms with van der Waals surface area (Å²) >= 11 is 0. The van der Waals surface area contributed by atoms with Gasteiger partial charge < -0.3 is 19.6 Å². The lowest BCUT2D eigenvalue weighted by Gasteiger charge is -2.22. The van der Waals surface area contributed by atoms with Gasteiger partial charge in [0, 0.05) is 35.9 Å². The van der Waals surface area contributed by atoms with Gasteiger partial charge in [-0.25, -0.2) is 17.6 Å². The zero-order valence-electron chi connectivity index (χ0n) is 19.4. The van der Waals surface area contributed by atoms with Gasteiger partial charge >= 0.3 is 6.09 Å². The Morgan fingerprint density at radius 2 is 1.91 bits per heavy atom. The maximum atomic E-state index is 13.5. The highest BCUT2D eigenvalue weighted by Gasteiger charge is 2.33. The Bertz CT molecular complexity index is 1400. The summed E-state index contributed by atoms with van der Waals surface area (Å²) in [5.74, 6) is -0.780. The number of ether oxygens (including phenoxy) is 1. The molecule has 2 aromatic carbocycles. The average molecular weight is 505 g/mol. The molecule has 0 saturated heterocycles. The number of anilines is 1. The molecule has 0 aliphatic carbocycles. The number of benzene rings is 2. The van der Waals surface area contributed by atoms with E-state index in [4.69, 9.17) is 9.15 Å². The second kappa shape index (κ2) is 9.31. The van der Waals surface area contributed by atoms with E-state index in [9.17, 15) is 27.5 Å². The lowest BCUT2D eigenvalue weighted by atomic mass is 10.00. The molecule has 0 bridgehead atoms. The quantitative estimate of drug-likeness (QED) is 0.538. The summed E-state index contributed by atoms with van der Waals surface area (Å²) in [7, 11) is -1.79. The van der Waals surface area contributed by atoms with Crippen LogP contribution in [0.4, 0.5) is 14.9 Å². The van der Waals surface area contributed by atoms with Crippen LogP contribution < -0.4 is 10.2 Å². The molecule has 11 heteroatoms. The number of fused-ring (bicyclic) bond motifs is 2. The maximum Gasteiger partial charge on any atom is 0.411 e. The molecule has 1 aliphatic rings. The van der Waals surface area contributed by atoms with Crippen LogP contribution in [0.1, 0.15) is 35.4 Å². The average Bonchev–Trinajstić information content (AvgIpc) is 3.10. The fourth-order valence-corrected chi connectivity index (χ4v) is 4.95. The number of sulfone groups is 1. The second-order valence-electron chi connectivity index (χ2n) is 8.51. The van der Waals surface area contributed by atoms with Crippen LogP contribution in [-0.4, -0.2) is 57.2 Å². The van der Waals surface area contributed by atoms with Gasteiger partial charge in [-0.05, 0) is 43.7 Å². The second-order valence-corrected chi connectivity index (χ2v) is 10.8. The van der Waals surface area contributed by atoms with Crippen molar-refractivity contribution in [2.45, 2.75) is 25.6 Å². The summed E-state index contributed by atoms with van der Waals surface area (Å²) in [5.41, 5.74) is 1.82. The van der Waals surface area contributed by atoms with Crippen molar-refractivity contribution < 1.29 is 36.7 Å². The van der Waals surface area contributed by atoms with E-state index in [0.717, 1.165) is 11.2 Å². The first-order valence-electron chi connectivity index (χ1n) is 10.9. The van der Waals surface area contributed by atoms with E-state index in [2.05, 4.69) is 5.32 Å². The standard InChI is InChI=1S/C24H25FN2O7S/c1-13-17-10-18-20(34-22(21(18)23(28)26-2)14-4-6-15(25)7-5-14)11-19(17)27(24(29)30)12-16(33-13)8-9-35(3,31)32/h4-7,10-11,13,16H,8-9,12H2,1-3H3,(H,26,28)(H,29,30)/t13-,16+/m0/s1.